The van der Waals surface area contributed by atoms with Gasteiger partial charge in [-0.2, -0.15) is 0 Å². The molecular weight excluding hydrogens is 1490 g/mol. The average Bonchev–Trinajstić information content (AvgIpc) is 3.21. The Morgan fingerprint density at radius 3 is 0.833 bits per heavy atom. The fraction of sp³-hybridized carbons (Fsp3) is 0.438. The second kappa shape index (κ2) is 27.3. The van der Waals surface area contributed by atoms with Gasteiger partial charge in [-0.1, -0.05) is 0 Å². The maximum absolute atomic E-state index is 13.2. The molecule has 4 unspecified atom stereocenters. The third kappa shape index (κ3) is 15.9. The number of carbonyl (C=O) groups excluding carboxylic acids is 6. The summed E-state index contributed by atoms with van der Waals surface area (Å²) in [4.78, 5) is 79.0. The Labute approximate surface area is 422 Å². The van der Waals surface area contributed by atoms with Gasteiger partial charge >= 0.3 is 12.2 Å². The molecule has 0 fully saturated rings. The molecule has 60 heavy (non-hydrogen) atoms. The van der Waals surface area contributed by atoms with E-state index < -0.39 is 99.9 Å². The molecule has 2 aromatic carbocycles. The zero-order chi connectivity index (χ0) is 45.4. The molecule has 2 aromatic rings. The normalized spacial score (nSPS) is 13.0. The SMILES string of the molecule is O=C(Nc1c(I)c(C(=O)NCC(O)CO)c(I)c(C(=O)NCC(O)CO)c1I)OCCOC(=O)Nc1c(I)c(C(=O)NCC(O)CO)c(I)c(C(=O)NCC(O)CO)c1I. The first-order chi connectivity index (χ1) is 28.2. The van der Waals surface area contributed by atoms with Crippen molar-refractivity contribution in [2.24, 2.45) is 0 Å². The predicted molar refractivity (Wildman–Crippen MR) is 261 cm³/mol. The van der Waals surface area contributed by atoms with Crippen LogP contribution in [-0.4, -0.2) is 167 Å². The highest BCUT2D eigenvalue weighted by molar-refractivity contribution is 14.1. The number of halogens is 6. The molecule has 0 aromatic heterocycles. The van der Waals surface area contributed by atoms with Crippen LogP contribution in [0, 0.1) is 21.4 Å². The molecule has 334 valence electrons. The van der Waals surface area contributed by atoms with Crippen molar-refractivity contribution >= 4 is 183 Å². The lowest BCUT2D eigenvalue weighted by Gasteiger charge is -2.20. The molecule has 0 aliphatic heterocycles. The van der Waals surface area contributed by atoms with Gasteiger partial charge in [0, 0.05) is 33.3 Å². The van der Waals surface area contributed by atoms with Crippen molar-refractivity contribution in [1.82, 2.24) is 21.3 Å². The molecule has 0 saturated heterocycles. The van der Waals surface area contributed by atoms with Crippen molar-refractivity contribution in [2.75, 3.05) is 76.5 Å². The summed E-state index contributed by atoms with van der Waals surface area (Å²) in [5, 5.41) is 90.3. The van der Waals surface area contributed by atoms with Gasteiger partial charge in [-0.3, -0.25) is 29.8 Å². The smallest absolute Gasteiger partial charge is 0.411 e. The monoisotopic (exact) mass is 1520 g/mol. The fourth-order valence-corrected chi connectivity index (χ4v) is 13.2. The molecular formula is C32H38I6N6O16. The van der Waals surface area contributed by atoms with E-state index in [-0.39, 0.29) is 81.2 Å². The highest BCUT2D eigenvalue weighted by atomic mass is 127. The van der Waals surface area contributed by atoms with Crippen LogP contribution in [0.5, 0.6) is 0 Å². The van der Waals surface area contributed by atoms with Gasteiger partial charge in [0.15, 0.2) is 0 Å². The summed E-state index contributed by atoms with van der Waals surface area (Å²) >= 11 is 10.5. The van der Waals surface area contributed by atoms with Crippen molar-refractivity contribution in [1.29, 1.82) is 0 Å². The number of nitrogens with one attached hydrogen (secondary N) is 6. The number of hydrogen-bond donors (Lipinski definition) is 14. The zero-order valence-electron chi connectivity index (χ0n) is 30.5. The van der Waals surface area contributed by atoms with E-state index in [9.17, 15) is 49.2 Å². The molecule has 2 rings (SSSR count). The van der Waals surface area contributed by atoms with Crippen LogP contribution in [0.1, 0.15) is 41.4 Å². The second-order valence-electron chi connectivity index (χ2n) is 11.8. The summed E-state index contributed by atoms with van der Waals surface area (Å²) in [6.45, 7) is -5.04. The van der Waals surface area contributed by atoms with Crippen LogP contribution in [0.25, 0.3) is 0 Å². The third-order valence-electron chi connectivity index (χ3n) is 7.38. The van der Waals surface area contributed by atoms with Crippen molar-refractivity contribution < 1.29 is 79.1 Å². The Kier molecular flexibility index (Phi) is 25.0. The molecule has 0 spiro atoms. The number of aliphatic hydroxyl groups is 8. The number of amides is 6. The minimum absolute atomic E-state index is 0.0414. The maximum atomic E-state index is 13.2. The number of ether oxygens (including phenoxy) is 2. The average molecular weight is 1520 g/mol. The Morgan fingerprint density at radius 2 is 0.633 bits per heavy atom. The molecule has 0 bridgehead atoms. The van der Waals surface area contributed by atoms with Crippen LogP contribution in [0.3, 0.4) is 0 Å². The van der Waals surface area contributed by atoms with Crippen LogP contribution in [0.4, 0.5) is 21.0 Å². The molecule has 6 amide bonds. The van der Waals surface area contributed by atoms with Crippen molar-refractivity contribution in [3.8, 4) is 0 Å². The quantitative estimate of drug-likeness (QED) is 0.0551. The number of anilines is 2. The maximum Gasteiger partial charge on any atom is 0.411 e. The van der Waals surface area contributed by atoms with Gasteiger partial charge in [0.2, 0.25) is 0 Å². The Bertz CT molecular complexity index is 1670. The van der Waals surface area contributed by atoms with Gasteiger partial charge in [-0.25, -0.2) is 9.59 Å². The highest BCUT2D eigenvalue weighted by Crippen LogP contribution is 2.37. The molecule has 28 heteroatoms. The first kappa shape index (κ1) is 55.1. The lowest BCUT2D eigenvalue weighted by molar-refractivity contribution is 0.0792. The standard InChI is InChI=1S/C32H38I6N6O16/c33-19-15(27(53)39-3-11(49)7-45)21(35)25(22(36)16(19)28(54)40-4-12(50)8-46)43-31(57)59-1-2-60-32(58)44-26-23(37)17(29(55)41-5-13(51)9-47)20(34)18(24(26)38)30(56)42-6-14(52)10-48/h11-14,45-52H,1-10H2,(H,39,53)(H,40,54)(H,41,55)(H,42,56)(H,43,57)(H,44,58). The van der Waals surface area contributed by atoms with Gasteiger partial charge < -0.3 is 71.6 Å². The molecule has 14 N–H and O–H groups in total. The zero-order valence-corrected chi connectivity index (χ0v) is 43.4. The summed E-state index contributed by atoms with van der Waals surface area (Å²) in [5.74, 6) is -3.09. The highest BCUT2D eigenvalue weighted by Gasteiger charge is 2.31. The van der Waals surface area contributed by atoms with Gasteiger partial charge in [0.25, 0.3) is 23.6 Å². The van der Waals surface area contributed by atoms with Crippen molar-refractivity contribution in [2.45, 2.75) is 24.4 Å². The molecule has 22 nitrogen and oxygen atoms in total. The molecule has 4 atom stereocenters. The molecule has 0 heterocycles. The second-order valence-corrected chi connectivity index (χ2v) is 18.3. The van der Waals surface area contributed by atoms with E-state index in [1.807, 2.05) is 0 Å². The first-order valence-electron chi connectivity index (χ1n) is 16.8. The van der Waals surface area contributed by atoms with Crippen LogP contribution >= 0.6 is 136 Å². The van der Waals surface area contributed by atoms with E-state index in [0.29, 0.717) is 0 Å². The fourth-order valence-electron chi connectivity index (χ4n) is 4.34. The number of carbonyl (C=O) groups is 6. The van der Waals surface area contributed by atoms with Gasteiger partial charge in [-0.15, -0.1) is 0 Å². The van der Waals surface area contributed by atoms with E-state index in [1.165, 1.54) is 0 Å². The topological polar surface area (TPSA) is 355 Å². The lowest BCUT2D eigenvalue weighted by Crippen LogP contribution is -2.37. The van der Waals surface area contributed by atoms with Gasteiger partial charge in [0.05, 0.1) is 98.8 Å². The first-order valence-corrected chi connectivity index (χ1v) is 23.3. The Hall–Kier alpha value is -1.08. The van der Waals surface area contributed by atoms with Crippen molar-refractivity contribution in [3.63, 3.8) is 0 Å². The van der Waals surface area contributed by atoms with E-state index in [1.54, 1.807) is 136 Å². The summed E-state index contributed by atoms with van der Waals surface area (Å²) in [7, 11) is 0. The molecule has 0 radical (unpaired) electrons. The molecule has 0 aliphatic rings. The number of hydrogen-bond acceptors (Lipinski definition) is 16. The van der Waals surface area contributed by atoms with Gasteiger partial charge in [-0.05, 0) is 136 Å². The number of aliphatic hydroxyl groups excluding tert-OH is 8. The predicted octanol–water partition coefficient (Wildman–Crippen LogP) is -0.557. The lowest BCUT2D eigenvalue weighted by atomic mass is 10.1. The summed E-state index contributed by atoms with van der Waals surface area (Å²) in [6.07, 6.45) is -7.37. The largest absolute Gasteiger partial charge is 0.446 e. The minimum Gasteiger partial charge on any atom is -0.446 e. The van der Waals surface area contributed by atoms with Crippen LogP contribution < -0.4 is 31.9 Å². The van der Waals surface area contributed by atoms with Crippen LogP contribution in [0.2, 0.25) is 0 Å². The number of rotatable bonds is 21. The molecule has 0 aliphatic carbocycles. The van der Waals surface area contributed by atoms with Crippen LogP contribution in [-0.2, 0) is 9.47 Å². The molecule has 0 saturated carbocycles. The minimum atomic E-state index is -1.29. The van der Waals surface area contributed by atoms with Crippen LogP contribution in [0.15, 0.2) is 0 Å². The van der Waals surface area contributed by atoms with E-state index in [4.69, 9.17) is 29.9 Å². The summed E-state index contributed by atoms with van der Waals surface area (Å²) in [6, 6.07) is 0. The summed E-state index contributed by atoms with van der Waals surface area (Å²) in [5.41, 5.74) is -0.429. The van der Waals surface area contributed by atoms with Gasteiger partial charge in [0.1, 0.15) is 13.2 Å². The number of benzene rings is 2. The van der Waals surface area contributed by atoms with E-state index in [2.05, 4.69) is 31.9 Å². The summed E-state index contributed by atoms with van der Waals surface area (Å²) < 4.78 is 11.2. The Balaban J connectivity index is 2.32. The van der Waals surface area contributed by atoms with Crippen molar-refractivity contribution in [3.05, 3.63) is 43.7 Å². The van der Waals surface area contributed by atoms with E-state index in [0.717, 1.165) is 0 Å². The third-order valence-corrected chi connectivity index (χ3v) is 13.9. The Morgan fingerprint density at radius 1 is 0.417 bits per heavy atom. The van der Waals surface area contributed by atoms with E-state index >= 15 is 0 Å².